The Hall–Kier alpha value is -1.13. The van der Waals surface area contributed by atoms with E-state index in [0.717, 1.165) is 5.56 Å². The Labute approximate surface area is 104 Å². The maximum absolute atomic E-state index is 11.6. The van der Waals surface area contributed by atoms with E-state index in [1.165, 1.54) is 5.41 Å². The summed E-state index contributed by atoms with van der Waals surface area (Å²) in [6.45, 7) is 5.45. The number of rotatable bonds is 4. The molecule has 3 nitrogen and oxygen atoms in total. The van der Waals surface area contributed by atoms with E-state index in [2.05, 4.69) is 4.72 Å². The van der Waals surface area contributed by atoms with Gasteiger partial charge in [0.2, 0.25) is 10.0 Å². The van der Waals surface area contributed by atoms with Gasteiger partial charge in [-0.15, -0.1) is 0 Å². The van der Waals surface area contributed by atoms with E-state index in [0.29, 0.717) is 6.42 Å². The summed E-state index contributed by atoms with van der Waals surface area (Å²) < 4.78 is 25.8. The Morgan fingerprint density at radius 1 is 1.18 bits per heavy atom. The number of benzene rings is 1. The molecule has 0 amide bonds. The average Bonchev–Trinajstić information content (AvgIpc) is 2.15. The minimum absolute atomic E-state index is 0.448. The van der Waals surface area contributed by atoms with Crippen molar-refractivity contribution >= 4 is 10.0 Å². The lowest BCUT2D eigenvalue weighted by molar-refractivity contribution is 0.496. The average molecular weight is 253 g/mol. The molecule has 1 aromatic carbocycles. The van der Waals surface area contributed by atoms with Gasteiger partial charge in [-0.05, 0) is 32.8 Å². The molecular formula is C13H19NO2S. The molecule has 0 unspecified atom stereocenters. The summed E-state index contributed by atoms with van der Waals surface area (Å²) in [5.74, 6) is 0. The van der Waals surface area contributed by atoms with Gasteiger partial charge in [-0.2, -0.15) is 0 Å². The lowest BCUT2D eigenvalue weighted by atomic mass is 10.1. The second-order valence-corrected chi connectivity index (χ2v) is 6.52. The summed E-state index contributed by atoms with van der Waals surface area (Å²) in [7, 11) is -3.34. The first-order valence-corrected chi connectivity index (χ1v) is 7.08. The Morgan fingerprint density at radius 2 is 1.76 bits per heavy atom. The van der Waals surface area contributed by atoms with Crippen molar-refractivity contribution in [3.05, 3.63) is 47.4 Å². The zero-order valence-corrected chi connectivity index (χ0v) is 11.3. The Balaban J connectivity index is 2.60. The summed E-state index contributed by atoms with van der Waals surface area (Å²) >= 11 is 0. The van der Waals surface area contributed by atoms with Crippen LogP contribution in [0.5, 0.6) is 0 Å². The van der Waals surface area contributed by atoms with E-state index in [9.17, 15) is 8.42 Å². The Bertz CT molecular complexity index is 470. The molecule has 4 heteroatoms. The van der Waals surface area contributed by atoms with Crippen molar-refractivity contribution in [2.45, 2.75) is 32.7 Å². The maximum atomic E-state index is 11.6. The molecule has 0 spiro atoms. The molecule has 0 fully saturated rings. The van der Waals surface area contributed by atoms with Gasteiger partial charge in [-0.1, -0.05) is 36.4 Å². The van der Waals surface area contributed by atoms with Crippen molar-refractivity contribution < 1.29 is 8.42 Å². The first-order valence-electron chi connectivity index (χ1n) is 5.53. The van der Waals surface area contributed by atoms with Gasteiger partial charge in [0.15, 0.2) is 0 Å². The lowest BCUT2D eigenvalue weighted by Crippen LogP contribution is -2.39. The Morgan fingerprint density at radius 3 is 2.29 bits per heavy atom. The van der Waals surface area contributed by atoms with E-state index in [1.54, 1.807) is 6.08 Å². The molecule has 0 radical (unpaired) electrons. The number of allylic oxidation sites excluding steroid dienone is 1. The third-order valence-corrected chi connectivity index (χ3v) is 3.37. The highest BCUT2D eigenvalue weighted by atomic mass is 32.2. The zero-order chi connectivity index (χ0) is 12.9. The van der Waals surface area contributed by atoms with E-state index in [1.807, 2.05) is 51.1 Å². The summed E-state index contributed by atoms with van der Waals surface area (Å²) in [6, 6.07) is 9.74. The minimum atomic E-state index is -3.34. The molecule has 1 N–H and O–H groups in total. The number of sulfonamides is 1. The van der Waals surface area contributed by atoms with Crippen LogP contribution in [-0.2, 0) is 16.4 Å². The maximum Gasteiger partial charge on any atom is 0.233 e. The van der Waals surface area contributed by atoms with Crippen LogP contribution in [0.15, 0.2) is 41.8 Å². The Kier molecular flexibility index (Phi) is 4.48. The van der Waals surface area contributed by atoms with Gasteiger partial charge in [0.05, 0.1) is 0 Å². The lowest BCUT2D eigenvalue weighted by Gasteiger charge is -2.18. The van der Waals surface area contributed by atoms with Gasteiger partial charge < -0.3 is 0 Å². The summed E-state index contributed by atoms with van der Waals surface area (Å²) in [5.41, 5.74) is 0.644. The van der Waals surface area contributed by atoms with Crippen molar-refractivity contribution in [1.82, 2.24) is 4.72 Å². The SMILES string of the molecule is CC(C)(C)NS(=O)(=O)C=CCc1ccccc1. The predicted octanol–water partition coefficient (Wildman–Crippen LogP) is 2.46. The van der Waals surface area contributed by atoms with Gasteiger partial charge in [0, 0.05) is 10.9 Å². The van der Waals surface area contributed by atoms with E-state index < -0.39 is 15.6 Å². The van der Waals surface area contributed by atoms with Crippen molar-refractivity contribution in [2.24, 2.45) is 0 Å². The second-order valence-electron chi connectivity index (χ2n) is 4.96. The van der Waals surface area contributed by atoms with E-state index in [-0.39, 0.29) is 0 Å². The fraction of sp³-hybridized carbons (Fsp3) is 0.385. The van der Waals surface area contributed by atoms with Crippen molar-refractivity contribution in [3.63, 3.8) is 0 Å². The third kappa shape index (κ3) is 6.24. The van der Waals surface area contributed by atoms with Crippen LogP contribution in [0.4, 0.5) is 0 Å². The highest BCUT2D eigenvalue weighted by molar-refractivity contribution is 7.92. The fourth-order valence-electron chi connectivity index (χ4n) is 1.39. The molecular weight excluding hydrogens is 234 g/mol. The van der Waals surface area contributed by atoms with Crippen LogP contribution in [-0.4, -0.2) is 14.0 Å². The second kappa shape index (κ2) is 5.47. The smallest absolute Gasteiger partial charge is 0.208 e. The topological polar surface area (TPSA) is 46.2 Å². The van der Waals surface area contributed by atoms with Gasteiger partial charge in [0.25, 0.3) is 0 Å². The molecule has 1 aromatic rings. The predicted molar refractivity (Wildman–Crippen MR) is 71.1 cm³/mol. The van der Waals surface area contributed by atoms with Gasteiger partial charge in [-0.3, -0.25) is 0 Å². The summed E-state index contributed by atoms with van der Waals surface area (Å²) in [6.07, 6.45) is 2.27. The molecule has 0 atom stereocenters. The first-order chi connectivity index (χ1) is 7.79. The highest BCUT2D eigenvalue weighted by Gasteiger charge is 2.16. The third-order valence-electron chi connectivity index (χ3n) is 1.92. The highest BCUT2D eigenvalue weighted by Crippen LogP contribution is 2.05. The summed E-state index contributed by atoms with van der Waals surface area (Å²) in [4.78, 5) is 0. The van der Waals surface area contributed by atoms with Crippen LogP contribution in [0.3, 0.4) is 0 Å². The number of hydrogen-bond donors (Lipinski definition) is 1. The van der Waals surface area contributed by atoms with Crippen LogP contribution in [0.1, 0.15) is 26.3 Å². The standard InChI is InChI=1S/C13H19NO2S/c1-13(2,3)14-17(15,16)11-7-10-12-8-5-4-6-9-12/h4-9,11,14H,10H2,1-3H3. The molecule has 0 saturated carbocycles. The minimum Gasteiger partial charge on any atom is -0.208 e. The molecule has 0 aromatic heterocycles. The molecule has 0 bridgehead atoms. The fourth-order valence-corrected chi connectivity index (χ4v) is 2.66. The van der Waals surface area contributed by atoms with Gasteiger partial charge in [0.1, 0.15) is 0 Å². The number of nitrogens with one attached hydrogen (secondary N) is 1. The van der Waals surface area contributed by atoms with Crippen LogP contribution >= 0.6 is 0 Å². The van der Waals surface area contributed by atoms with E-state index >= 15 is 0 Å². The normalized spacial score (nSPS) is 13.1. The molecule has 0 aliphatic rings. The zero-order valence-electron chi connectivity index (χ0n) is 10.5. The van der Waals surface area contributed by atoms with E-state index in [4.69, 9.17) is 0 Å². The van der Waals surface area contributed by atoms with Crippen LogP contribution in [0, 0.1) is 0 Å². The monoisotopic (exact) mass is 253 g/mol. The molecule has 0 heterocycles. The van der Waals surface area contributed by atoms with Crippen LogP contribution in [0.25, 0.3) is 0 Å². The molecule has 94 valence electrons. The molecule has 0 aliphatic heterocycles. The van der Waals surface area contributed by atoms with Crippen LogP contribution < -0.4 is 4.72 Å². The largest absolute Gasteiger partial charge is 0.233 e. The molecule has 0 saturated heterocycles. The van der Waals surface area contributed by atoms with Crippen molar-refractivity contribution in [1.29, 1.82) is 0 Å². The molecule has 0 aliphatic carbocycles. The van der Waals surface area contributed by atoms with Crippen molar-refractivity contribution in [3.8, 4) is 0 Å². The van der Waals surface area contributed by atoms with Crippen molar-refractivity contribution in [2.75, 3.05) is 0 Å². The molecule has 1 rings (SSSR count). The van der Waals surface area contributed by atoms with Crippen LogP contribution in [0.2, 0.25) is 0 Å². The number of hydrogen-bond acceptors (Lipinski definition) is 2. The van der Waals surface area contributed by atoms with Gasteiger partial charge in [-0.25, -0.2) is 13.1 Å². The van der Waals surface area contributed by atoms with Gasteiger partial charge >= 0.3 is 0 Å². The molecule has 17 heavy (non-hydrogen) atoms. The quantitative estimate of drug-likeness (QED) is 0.896. The summed E-state index contributed by atoms with van der Waals surface area (Å²) in [5, 5.41) is 1.23. The first kappa shape index (κ1) is 13.9.